The van der Waals surface area contributed by atoms with Crippen molar-refractivity contribution in [1.82, 2.24) is 9.80 Å². The summed E-state index contributed by atoms with van der Waals surface area (Å²) >= 11 is 0. The van der Waals surface area contributed by atoms with Crippen LogP contribution >= 0.6 is 0 Å². The Labute approximate surface area is 160 Å². The highest BCUT2D eigenvalue weighted by atomic mass is 19.3. The molecule has 1 aromatic rings. The van der Waals surface area contributed by atoms with Gasteiger partial charge in [-0.15, -0.1) is 0 Å². The summed E-state index contributed by atoms with van der Waals surface area (Å²) < 4.78 is 38.1. The molecule has 0 radical (unpaired) electrons. The van der Waals surface area contributed by atoms with Gasteiger partial charge < -0.3 is 14.4 Å². The van der Waals surface area contributed by atoms with Crippen LogP contribution in [-0.4, -0.2) is 67.3 Å². The lowest BCUT2D eigenvalue weighted by molar-refractivity contribution is -0.232. The number of halogens is 2. The fraction of sp³-hybridized carbons (Fsp3) is 0.714. The zero-order chi connectivity index (χ0) is 18.9. The topological polar surface area (TPSA) is 24.9 Å². The molecule has 3 aliphatic rings. The summed E-state index contributed by atoms with van der Waals surface area (Å²) in [7, 11) is 1.70. The Morgan fingerprint density at radius 3 is 2.41 bits per heavy atom. The van der Waals surface area contributed by atoms with E-state index in [1.54, 1.807) is 7.11 Å². The van der Waals surface area contributed by atoms with Crippen molar-refractivity contribution < 1.29 is 18.3 Å². The highest BCUT2D eigenvalue weighted by molar-refractivity contribution is 5.28. The van der Waals surface area contributed by atoms with Crippen LogP contribution < -0.4 is 4.74 Å². The van der Waals surface area contributed by atoms with E-state index in [-0.39, 0.29) is 24.5 Å². The second-order valence-corrected chi connectivity index (χ2v) is 8.41. The first-order chi connectivity index (χ1) is 13.0. The van der Waals surface area contributed by atoms with Gasteiger partial charge in [-0.05, 0) is 30.5 Å². The maximum absolute atomic E-state index is 13.3. The van der Waals surface area contributed by atoms with Crippen LogP contribution in [0, 0.1) is 0 Å². The Hall–Kier alpha value is -1.24. The predicted molar refractivity (Wildman–Crippen MR) is 100 cm³/mol. The number of methoxy groups -OCH3 is 1. The second-order valence-electron chi connectivity index (χ2n) is 8.41. The third kappa shape index (κ3) is 4.61. The summed E-state index contributed by atoms with van der Waals surface area (Å²) in [4.78, 5) is 4.62. The Morgan fingerprint density at radius 2 is 1.74 bits per heavy atom. The van der Waals surface area contributed by atoms with E-state index in [1.807, 2.05) is 12.1 Å². The van der Waals surface area contributed by atoms with Crippen LogP contribution in [0.25, 0.3) is 0 Å². The number of likely N-dealkylation sites (tertiary alicyclic amines) is 2. The highest BCUT2D eigenvalue weighted by Gasteiger charge is 2.48. The largest absolute Gasteiger partial charge is 0.497 e. The number of hydrogen-bond donors (Lipinski definition) is 0. The van der Waals surface area contributed by atoms with Crippen LogP contribution in [0.4, 0.5) is 8.78 Å². The minimum Gasteiger partial charge on any atom is -0.497 e. The smallest absolute Gasteiger partial charge is 0.250 e. The van der Waals surface area contributed by atoms with E-state index >= 15 is 0 Å². The summed E-state index contributed by atoms with van der Waals surface area (Å²) in [6.07, 6.45) is 3.40. The fourth-order valence-corrected chi connectivity index (χ4v) is 4.68. The molecule has 0 amide bonds. The van der Waals surface area contributed by atoms with Gasteiger partial charge in [0.2, 0.25) is 0 Å². The van der Waals surface area contributed by atoms with Gasteiger partial charge in [-0.25, -0.2) is 8.78 Å². The molecule has 3 aliphatic heterocycles. The molecule has 3 fully saturated rings. The number of rotatable bonds is 5. The second kappa shape index (κ2) is 7.64. The van der Waals surface area contributed by atoms with Crippen LogP contribution in [0.3, 0.4) is 0 Å². The first-order valence-corrected chi connectivity index (χ1v) is 10.1. The van der Waals surface area contributed by atoms with Gasteiger partial charge in [0.25, 0.3) is 5.92 Å². The number of alkyl halides is 2. The lowest BCUT2D eigenvalue weighted by Crippen LogP contribution is -2.59. The molecule has 0 N–H and O–H groups in total. The Kier molecular flexibility index (Phi) is 5.41. The van der Waals surface area contributed by atoms with Crippen molar-refractivity contribution in [2.24, 2.45) is 0 Å². The molecule has 3 heterocycles. The van der Waals surface area contributed by atoms with Crippen LogP contribution in [-0.2, 0) is 11.3 Å². The third-order valence-electron chi connectivity index (χ3n) is 6.37. The van der Waals surface area contributed by atoms with E-state index < -0.39 is 5.92 Å². The first-order valence-electron chi connectivity index (χ1n) is 10.1. The van der Waals surface area contributed by atoms with Crippen molar-refractivity contribution in [2.75, 3.05) is 39.8 Å². The average Bonchev–Trinajstić information content (AvgIpc) is 2.64. The average molecular weight is 380 g/mol. The Morgan fingerprint density at radius 1 is 1.07 bits per heavy atom. The number of piperidine rings is 2. The zero-order valence-corrected chi connectivity index (χ0v) is 16.1. The van der Waals surface area contributed by atoms with E-state index in [4.69, 9.17) is 9.47 Å². The first kappa shape index (κ1) is 19.1. The highest BCUT2D eigenvalue weighted by Crippen LogP contribution is 2.42. The van der Waals surface area contributed by atoms with E-state index in [0.717, 1.165) is 51.2 Å². The van der Waals surface area contributed by atoms with Gasteiger partial charge in [0.15, 0.2) is 0 Å². The predicted octanol–water partition coefficient (Wildman–Crippen LogP) is 3.55. The van der Waals surface area contributed by atoms with Crippen LogP contribution in [0.15, 0.2) is 24.3 Å². The molecule has 1 spiro atoms. The monoisotopic (exact) mass is 380 g/mol. The number of hydrogen-bond acceptors (Lipinski definition) is 4. The van der Waals surface area contributed by atoms with Crippen molar-refractivity contribution in [3.05, 3.63) is 29.8 Å². The summed E-state index contributed by atoms with van der Waals surface area (Å²) in [6, 6.07) is 8.25. The Balaban J connectivity index is 1.19. The van der Waals surface area contributed by atoms with E-state index in [1.165, 1.54) is 5.56 Å². The van der Waals surface area contributed by atoms with Gasteiger partial charge >= 0.3 is 0 Å². The molecule has 0 aliphatic carbocycles. The SMILES string of the molecule is COc1cccc(CN2CCC3(CC2)C[C@H](CN2CCC(F)(F)CC2)O3)c1. The third-order valence-corrected chi connectivity index (χ3v) is 6.37. The van der Waals surface area contributed by atoms with Crippen molar-refractivity contribution >= 4 is 0 Å². The molecule has 150 valence electrons. The molecule has 0 saturated carbocycles. The number of benzene rings is 1. The quantitative estimate of drug-likeness (QED) is 0.780. The maximum Gasteiger partial charge on any atom is 0.250 e. The lowest BCUT2D eigenvalue weighted by atomic mass is 9.80. The molecule has 4 nitrogen and oxygen atoms in total. The summed E-state index contributed by atoms with van der Waals surface area (Å²) in [5, 5.41) is 0. The van der Waals surface area contributed by atoms with Gasteiger partial charge in [0.05, 0.1) is 18.8 Å². The molecule has 0 bridgehead atoms. The van der Waals surface area contributed by atoms with Crippen molar-refractivity contribution in [1.29, 1.82) is 0 Å². The standard InChI is InChI=1S/C21H30F2N2O2/c1-26-18-4-2-3-17(13-18)15-24-9-5-20(6-10-24)14-19(27-20)16-25-11-7-21(22,23)8-12-25/h2-4,13,19H,5-12,14-16H2,1H3/t19-/m1/s1. The van der Waals surface area contributed by atoms with Crippen molar-refractivity contribution in [3.8, 4) is 5.75 Å². The molecule has 27 heavy (non-hydrogen) atoms. The van der Waals surface area contributed by atoms with Gasteiger partial charge in [0.1, 0.15) is 5.75 Å². The minimum absolute atomic E-state index is 0.00983. The lowest BCUT2D eigenvalue weighted by Gasteiger charge is -2.53. The van der Waals surface area contributed by atoms with Crippen molar-refractivity contribution in [3.63, 3.8) is 0 Å². The molecule has 1 aromatic carbocycles. The van der Waals surface area contributed by atoms with Crippen LogP contribution in [0.1, 0.15) is 37.7 Å². The van der Waals surface area contributed by atoms with E-state index in [2.05, 4.69) is 21.9 Å². The van der Waals surface area contributed by atoms with Gasteiger partial charge in [-0.3, -0.25) is 4.90 Å². The number of ether oxygens (including phenoxy) is 2. The zero-order valence-electron chi connectivity index (χ0n) is 16.1. The van der Waals surface area contributed by atoms with E-state index in [9.17, 15) is 8.78 Å². The maximum atomic E-state index is 13.3. The number of nitrogens with zero attached hydrogens (tertiary/aromatic N) is 2. The van der Waals surface area contributed by atoms with Crippen LogP contribution in [0.2, 0.25) is 0 Å². The molecular formula is C21H30F2N2O2. The van der Waals surface area contributed by atoms with Gasteiger partial charge in [-0.1, -0.05) is 12.1 Å². The molecule has 0 aromatic heterocycles. The minimum atomic E-state index is -2.46. The van der Waals surface area contributed by atoms with E-state index in [0.29, 0.717) is 13.1 Å². The normalized spacial score (nSPS) is 28.0. The summed E-state index contributed by atoms with van der Waals surface area (Å²) in [5.74, 6) is -1.56. The van der Waals surface area contributed by atoms with Gasteiger partial charge in [0, 0.05) is 58.5 Å². The summed E-state index contributed by atoms with van der Waals surface area (Å²) in [6.45, 7) is 4.83. The molecule has 3 saturated heterocycles. The van der Waals surface area contributed by atoms with Crippen LogP contribution in [0.5, 0.6) is 5.75 Å². The van der Waals surface area contributed by atoms with Gasteiger partial charge in [-0.2, -0.15) is 0 Å². The molecule has 6 heteroatoms. The molecule has 4 rings (SSSR count). The fourth-order valence-electron chi connectivity index (χ4n) is 4.68. The molecule has 1 atom stereocenters. The van der Waals surface area contributed by atoms with Crippen molar-refractivity contribution in [2.45, 2.75) is 56.3 Å². The Bertz CT molecular complexity index is 629. The molecule has 0 unspecified atom stereocenters. The summed E-state index contributed by atoms with van der Waals surface area (Å²) in [5.41, 5.74) is 1.31. The molecular weight excluding hydrogens is 350 g/mol.